The van der Waals surface area contributed by atoms with Crippen LogP contribution in [0.2, 0.25) is 0 Å². The monoisotopic (exact) mass is 332 g/mol. The molecule has 1 aromatic rings. The van der Waals surface area contributed by atoms with Crippen LogP contribution in [0.1, 0.15) is 38.2 Å². The molecule has 1 heterocycles. The molecule has 0 unspecified atom stereocenters. The van der Waals surface area contributed by atoms with E-state index >= 15 is 0 Å². The third-order valence-corrected chi connectivity index (χ3v) is 4.81. The van der Waals surface area contributed by atoms with Crippen LogP contribution in [-0.4, -0.2) is 37.8 Å². The molecule has 2 fully saturated rings. The van der Waals surface area contributed by atoms with Gasteiger partial charge in [-0.3, -0.25) is 4.79 Å². The van der Waals surface area contributed by atoms with E-state index in [4.69, 9.17) is 9.47 Å². The number of rotatable bonds is 5. The van der Waals surface area contributed by atoms with E-state index < -0.39 is 0 Å². The highest BCUT2D eigenvalue weighted by Crippen LogP contribution is 2.26. The number of anilines is 1. The summed E-state index contributed by atoms with van der Waals surface area (Å²) in [5.74, 6) is 0.716. The fourth-order valence-electron chi connectivity index (χ4n) is 3.45. The van der Waals surface area contributed by atoms with Crippen molar-refractivity contribution in [2.75, 3.05) is 25.1 Å². The number of hydrogen-bond donors (Lipinski definition) is 2. The van der Waals surface area contributed by atoms with Gasteiger partial charge in [0.25, 0.3) is 0 Å². The first-order valence-corrected chi connectivity index (χ1v) is 9.03. The predicted octanol–water partition coefficient (Wildman–Crippen LogP) is 2.71. The first-order valence-electron chi connectivity index (χ1n) is 9.03. The van der Waals surface area contributed by atoms with Gasteiger partial charge < -0.3 is 20.1 Å². The maximum absolute atomic E-state index is 12.2. The summed E-state index contributed by atoms with van der Waals surface area (Å²) in [6, 6.07) is 7.64. The number of hydrogen-bond acceptors (Lipinski definition) is 4. The van der Waals surface area contributed by atoms with E-state index in [9.17, 15) is 4.79 Å². The Morgan fingerprint density at radius 2 is 2.33 bits per heavy atom. The van der Waals surface area contributed by atoms with Gasteiger partial charge in [-0.15, -0.1) is 0 Å². The lowest BCUT2D eigenvalue weighted by Gasteiger charge is -2.27. The Balaban J connectivity index is 1.50. The molecule has 1 aliphatic carbocycles. The minimum atomic E-state index is -0.276. The van der Waals surface area contributed by atoms with Crippen molar-refractivity contribution in [3.8, 4) is 0 Å². The fraction of sp³-hybridized carbons (Fsp3) is 0.632. The summed E-state index contributed by atoms with van der Waals surface area (Å²) in [7, 11) is 0. The molecule has 0 bridgehead atoms. The van der Waals surface area contributed by atoms with Crippen molar-refractivity contribution >= 4 is 11.6 Å². The van der Waals surface area contributed by atoms with E-state index in [0.29, 0.717) is 32.5 Å². The highest BCUT2D eigenvalue weighted by atomic mass is 16.5. The van der Waals surface area contributed by atoms with Gasteiger partial charge in [-0.1, -0.05) is 31.9 Å². The van der Waals surface area contributed by atoms with Gasteiger partial charge in [0.2, 0.25) is 5.91 Å². The van der Waals surface area contributed by atoms with Gasteiger partial charge in [0.1, 0.15) is 6.04 Å². The summed E-state index contributed by atoms with van der Waals surface area (Å²) in [6.07, 6.45) is 5.27. The summed E-state index contributed by atoms with van der Waals surface area (Å²) in [5.41, 5.74) is 1.91. The van der Waals surface area contributed by atoms with Gasteiger partial charge in [0.15, 0.2) is 0 Å². The number of ether oxygens (including phenoxy) is 2. The molecule has 1 saturated carbocycles. The van der Waals surface area contributed by atoms with Crippen LogP contribution in [-0.2, 0) is 20.9 Å². The molecule has 2 N–H and O–H groups in total. The minimum Gasteiger partial charge on any atom is -0.378 e. The van der Waals surface area contributed by atoms with E-state index in [1.165, 1.54) is 12.8 Å². The van der Waals surface area contributed by atoms with Crippen LogP contribution in [0.5, 0.6) is 0 Å². The maximum Gasteiger partial charge on any atom is 0.243 e. The van der Waals surface area contributed by atoms with Crippen molar-refractivity contribution in [1.82, 2.24) is 5.32 Å². The fourth-order valence-corrected chi connectivity index (χ4v) is 3.45. The van der Waals surface area contributed by atoms with Crippen LogP contribution in [0.25, 0.3) is 0 Å². The van der Waals surface area contributed by atoms with Crippen LogP contribution in [0.15, 0.2) is 24.3 Å². The Bertz CT molecular complexity index is 543. The van der Waals surface area contributed by atoms with Gasteiger partial charge >= 0.3 is 0 Å². The van der Waals surface area contributed by atoms with Crippen LogP contribution >= 0.6 is 0 Å². The zero-order chi connectivity index (χ0) is 16.8. The van der Waals surface area contributed by atoms with Gasteiger partial charge in [0, 0.05) is 12.2 Å². The first kappa shape index (κ1) is 17.4. The minimum absolute atomic E-state index is 0.0473. The molecule has 5 heteroatoms. The Hall–Kier alpha value is -1.43. The molecule has 0 radical (unpaired) electrons. The molecule has 0 aromatic heterocycles. The second kappa shape index (κ2) is 8.60. The Labute approximate surface area is 144 Å². The molecular formula is C19H28N2O3. The molecule has 5 nitrogen and oxygen atoms in total. The number of morpholine rings is 1. The average Bonchev–Trinajstić information content (AvgIpc) is 2.61. The molecular weight excluding hydrogens is 304 g/mol. The molecule has 0 spiro atoms. The largest absolute Gasteiger partial charge is 0.378 e. The zero-order valence-electron chi connectivity index (χ0n) is 14.4. The Morgan fingerprint density at radius 3 is 3.12 bits per heavy atom. The summed E-state index contributed by atoms with van der Waals surface area (Å²) in [6.45, 7) is 4.71. The van der Waals surface area contributed by atoms with Crippen LogP contribution in [0, 0.1) is 5.92 Å². The first-order chi connectivity index (χ1) is 11.7. The van der Waals surface area contributed by atoms with Gasteiger partial charge in [-0.25, -0.2) is 0 Å². The normalized spacial score (nSPS) is 27.6. The number of nitrogens with one attached hydrogen (secondary N) is 2. The van der Waals surface area contributed by atoms with Crippen molar-refractivity contribution in [3.63, 3.8) is 0 Å². The zero-order valence-corrected chi connectivity index (χ0v) is 14.4. The quantitative estimate of drug-likeness (QED) is 0.870. The van der Waals surface area contributed by atoms with Crippen molar-refractivity contribution in [2.45, 2.75) is 51.4 Å². The van der Waals surface area contributed by atoms with Crippen LogP contribution < -0.4 is 10.6 Å². The molecule has 1 amide bonds. The van der Waals surface area contributed by atoms with E-state index in [1.807, 2.05) is 24.3 Å². The van der Waals surface area contributed by atoms with E-state index in [0.717, 1.165) is 30.0 Å². The van der Waals surface area contributed by atoms with Gasteiger partial charge in [-0.05, 0) is 36.5 Å². The van der Waals surface area contributed by atoms with Crippen molar-refractivity contribution in [2.24, 2.45) is 5.92 Å². The van der Waals surface area contributed by atoms with E-state index in [1.54, 1.807) is 0 Å². The molecule has 3 atom stereocenters. The summed E-state index contributed by atoms with van der Waals surface area (Å²) in [4.78, 5) is 12.2. The molecule has 2 aliphatic rings. The lowest BCUT2D eigenvalue weighted by atomic mass is 9.89. The van der Waals surface area contributed by atoms with Crippen LogP contribution in [0.4, 0.5) is 5.69 Å². The highest BCUT2D eigenvalue weighted by molar-refractivity contribution is 5.95. The summed E-state index contributed by atoms with van der Waals surface area (Å²) < 4.78 is 11.4. The molecule has 1 aromatic carbocycles. The molecule has 24 heavy (non-hydrogen) atoms. The van der Waals surface area contributed by atoms with Crippen molar-refractivity contribution in [3.05, 3.63) is 29.8 Å². The van der Waals surface area contributed by atoms with Crippen molar-refractivity contribution in [1.29, 1.82) is 0 Å². The topological polar surface area (TPSA) is 59.6 Å². The second-order valence-electron chi connectivity index (χ2n) is 6.98. The number of amides is 1. The number of benzene rings is 1. The van der Waals surface area contributed by atoms with E-state index in [2.05, 4.69) is 17.6 Å². The number of carbonyl (C=O) groups is 1. The van der Waals surface area contributed by atoms with Gasteiger partial charge in [0.05, 0.1) is 25.9 Å². The molecule has 1 saturated heterocycles. The molecule has 1 aliphatic heterocycles. The SMILES string of the molecule is C[C@@H]1CCC[C@@H](OCc2cccc(NC(=O)[C@H]3COCCN3)c2)C1. The second-order valence-corrected chi connectivity index (χ2v) is 6.98. The van der Waals surface area contributed by atoms with Crippen molar-refractivity contribution < 1.29 is 14.3 Å². The smallest absolute Gasteiger partial charge is 0.243 e. The maximum atomic E-state index is 12.2. The summed E-state index contributed by atoms with van der Waals surface area (Å²) in [5, 5.41) is 6.12. The van der Waals surface area contributed by atoms with E-state index in [-0.39, 0.29) is 11.9 Å². The Morgan fingerprint density at radius 1 is 1.42 bits per heavy atom. The molecule has 3 rings (SSSR count). The average molecular weight is 332 g/mol. The number of carbonyl (C=O) groups excluding carboxylic acids is 1. The third-order valence-electron chi connectivity index (χ3n) is 4.81. The Kier molecular flexibility index (Phi) is 6.24. The lowest BCUT2D eigenvalue weighted by molar-refractivity contribution is -0.120. The summed E-state index contributed by atoms with van der Waals surface area (Å²) >= 11 is 0. The molecule has 132 valence electrons. The highest BCUT2D eigenvalue weighted by Gasteiger charge is 2.21. The standard InChI is InChI=1S/C19H28N2O3/c1-14-4-2-7-17(10-14)24-12-15-5-3-6-16(11-15)21-19(22)18-13-23-9-8-20-18/h3,5-6,11,14,17-18,20H,2,4,7-10,12-13H2,1H3,(H,21,22)/t14-,17-,18-/m1/s1. The van der Waals surface area contributed by atoms with Gasteiger partial charge in [-0.2, -0.15) is 0 Å². The third kappa shape index (κ3) is 5.03. The predicted molar refractivity (Wildman–Crippen MR) is 93.9 cm³/mol. The van der Waals surface area contributed by atoms with Crippen LogP contribution in [0.3, 0.4) is 0 Å². The lowest BCUT2D eigenvalue weighted by Crippen LogP contribution is -2.48.